The van der Waals surface area contributed by atoms with Gasteiger partial charge in [-0.1, -0.05) is 37.3 Å². The number of amides is 1. The van der Waals surface area contributed by atoms with Crippen molar-refractivity contribution in [2.45, 2.75) is 45.2 Å². The van der Waals surface area contributed by atoms with E-state index < -0.39 is 9.84 Å². The van der Waals surface area contributed by atoms with Crippen molar-refractivity contribution in [3.63, 3.8) is 0 Å². The van der Waals surface area contributed by atoms with Gasteiger partial charge < -0.3 is 9.80 Å². The van der Waals surface area contributed by atoms with E-state index in [0.29, 0.717) is 13.0 Å². The molecule has 1 N–H and O–H groups in total. The van der Waals surface area contributed by atoms with Crippen molar-refractivity contribution in [2.75, 3.05) is 31.1 Å². The molecule has 0 bridgehead atoms. The molecule has 2 heterocycles. The highest BCUT2D eigenvalue weighted by atomic mass is 32.2. The molecule has 1 aromatic carbocycles. The fourth-order valence-corrected chi connectivity index (χ4v) is 5.88. The van der Waals surface area contributed by atoms with E-state index in [9.17, 15) is 13.2 Å². The van der Waals surface area contributed by atoms with Gasteiger partial charge in [0.2, 0.25) is 0 Å². The standard InChI is InChI=1S/C21H30N2O3S/c1-3-17(2)23(20-11-14-27(25,26)16-20)21(24)15-22-12-9-19(10-13-22)18-7-5-4-6-8-18/h4-9,17,20H,3,10-16H2,1-2H3/p+1/t17-,20+/m1/s1. The minimum Gasteiger partial charge on any atom is -0.331 e. The molecule has 1 aromatic rings. The van der Waals surface area contributed by atoms with E-state index in [4.69, 9.17) is 0 Å². The Hall–Kier alpha value is -1.66. The lowest BCUT2D eigenvalue weighted by atomic mass is 9.99. The summed E-state index contributed by atoms with van der Waals surface area (Å²) in [5.41, 5.74) is 2.62. The van der Waals surface area contributed by atoms with Crippen LogP contribution in [0.25, 0.3) is 5.57 Å². The van der Waals surface area contributed by atoms with E-state index >= 15 is 0 Å². The maximum atomic E-state index is 13.1. The van der Waals surface area contributed by atoms with Gasteiger partial charge in [-0.25, -0.2) is 8.42 Å². The molecule has 1 fully saturated rings. The lowest BCUT2D eigenvalue weighted by Gasteiger charge is -2.35. The van der Waals surface area contributed by atoms with Crippen molar-refractivity contribution in [1.29, 1.82) is 0 Å². The Morgan fingerprint density at radius 2 is 2.04 bits per heavy atom. The van der Waals surface area contributed by atoms with Crippen LogP contribution in [0, 0.1) is 0 Å². The maximum absolute atomic E-state index is 13.1. The van der Waals surface area contributed by atoms with Crippen LogP contribution in [0.1, 0.15) is 38.7 Å². The first kappa shape index (κ1) is 20.1. The zero-order valence-electron chi connectivity index (χ0n) is 16.4. The highest BCUT2D eigenvalue weighted by molar-refractivity contribution is 7.91. The van der Waals surface area contributed by atoms with Gasteiger partial charge in [0.05, 0.1) is 24.6 Å². The van der Waals surface area contributed by atoms with Gasteiger partial charge in [0, 0.05) is 18.5 Å². The van der Waals surface area contributed by atoms with Crippen LogP contribution in [0.5, 0.6) is 0 Å². The lowest BCUT2D eigenvalue weighted by Crippen LogP contribution is -3.13. The second-order valence-corrected chi connectivity index (χ2v) is 10.1. The molecular formula is C21H31N2O3S+. The minimum atomic E-state index is -3.00. The first-order valence-corrected chi connectivity index (χ1v) is 11.8. The summed E-state index contributed by atoms with van der Waals surface area (Å²) < 4.78 is 23.8. The van der Waals surface area contributed by atoms with Gasteiger partial charge in [-0.2, -0.15) is 0 Å². The fraction of sp³-hybridized carbons (Fsp3) is 0.571. The van der Waals surface area contributed by atoms with E-state index in [1.165, 1.54) is 16.0 Å². The number of hydrogen-bond acceptors (Lipinski definition) is 3. The fourth-order valence-electron chi connectivity index (χ4n) is 4.16. The quantitative estimate of drug-likeness (QED) is 0.792. The van der Waals surface area contributed by atoms with Gasteiger partial charge in [-0.15, -0.1) is 0 Å². The van der Waals surface area contributed by atoms with Crippen LogP contribution < -0.4 is 4.90 Å². The van der Waals surface area contributed by atoms with E-state index in [2.05, 4.69) is 37.3 Å². The van der Waals surface area contributed by atoms with E-state index in [0.717, 1.165) is 25.9 Å². The Bertz CT molecular complexity index is 789. The van der Waals surface area contributed by atoms with Crippen molar-refractivity contribution >= 4 is 21.3 Å². The molecule has 1 unspecified atom stereocenters. The third kappa shape index (κ3) is 4.99. The Morgan fingerprint density at radius 1 is 1.30 bits per heavy atom. The van der Waals surface area contributed by atoms with Crippen LogP contribution in [0.2, 0.25) is 0 Å². The highest BCUT2D eigenvalue weighted by Crippen LogP contribution is 2.21. The number of quaternary nitrogens is 1. The average Bonchev–Trinajstić information content (AvgIpc) is 3.02. The van der Waals surface area contributed by atoms with E-state index in [-0.39, 0.29) is 29.5 Å². The van der Waals surface area contributed by atoms with Gasteiger partial charge in [0.25, 0.3) is 5.91 Å². The topological polar surface area (TPSA) is 58.9 Å². The van der Waals surface area contributed by atoms with Crippen molar-refractivity contribution in [1.82, 2.24) is 4.90 Å². The highest BCUT2D eigenvalue weighted by Gasteiger charge is 2.37. The Kier molecular flexibility index (Phi) is 6.37. The van der Waals surface area contributed by atoms with Crippen molar-refractivity contribution in [3.8, 4) is 0 Å². The van der Waals surface area contributed by atoms with Crippen LogP contribution in [-0.2, 0) is 14.6 Å². The second kappa shape index (κ2) is 8.57. The summed E-state index contributed by atoms with van der Waals surface area (Å²) in [6.07, 6.45) is 4.63. The largest absolute Gasteiger partial charge is 0.331 e. The van der Waals surface area contributed by atoms with E-state index in [1.807, 2.05) is 17.9 Å². The molecule has 2 aliphatic heterocycles. The van der Waals surface area contributed by atoms with Crippen molar-refractivity contribution in [3.05, 3.63) is 42.0 Å². The molecule has 0 aliphatic carbocycles. The predicted molar refractivity (Wildman–Crippen MR) is 108 cm³/mol. The number of rotatable bonds is 6. The molecule has 0 radical (unpaired) electrons. The number of sulfone groups is 1. The van der Waals surface area contributed by atoms with Crippen LogP contribution >= 0.6 is 0 Å². The van der Waals surface area contributed by atoms with Crippen LogP contribution in [-0.4, -0.2) is 62.4 Å². The molecular weight excluding hydrogens is 360 g/mol. The number of benzene rings is 1. The summed E-state index contributed by atoms with van der Waals surface area (Å²) in [4.78, 5) is 16.2. The number of carbonyl (C=O) groups excluding carboxylic acids is 1. The zero-order valence-corrected chi connectivity index (χ0v) is 17.2. The SMILES string of the molecule is CC[C@@H](C)N(C(=O)C[NH+]1CC=C(c2ccccc2)CC1)[C@H]1CCS(=O)(=O)C1. The molecule has 6 heteroatoms. The Morgan fingerprint density at radius 3 is 2.59 bits per heavy atom. The maximum Gasteiger partial charge on any atom is 0.278 e. The molecule has 3 rings (SSSR count). The summed E-state index contributed by atoms with van der Waals surface area (Å²) in [5, 5.41) is 0. The summed E-state index contributed by atoms with van der Waals surface area (Å²) in [6.45, 7) is 6.30. The number of nitrogens with zero attached hydrogens (tertiary/aromatic N) is 1. The molecule has 148 valence electrons. The van der Waals surface area contributed by atoms with Gasteiger partial charge in [0.1, 0.15) is 0 Å². The van der Waals surface area contributed by atoms with Gasteiger partial charge >= 0.3 is 0 Å². The van der Waals surface area contributed by atoms with Crippen LogP contribution in [0.15, 0.2) is 36.4 Å². The summed E-state index contributed by atoms with van der Waals surface area (Å²) >= 11 is 0. The van der Waals surface area contributed by atoms with Crippen LogP contribution in [0.3, 0.4) is 0 Å². The predicted octanol–water partition coefficient (Wildman–Crippen LogP) is 1.17. The molecule has 0 saturated carbocycles. The molecule has 0 spiro atoms. The van der Waals surface area contributed by atoms with Gasteiger partial charge in [-0.3, -0.25) is 4.79 Å². The monoisotopic (exact) mass is 391 g/mol. The number of nitrogens with one attached hydrogen (secondary N) is 1. The molecule has 1 saturated heterocycles. The third-order valence-electron chi connectivity index (χ3n) is 5.89. The average molecular weight is 392 g/mol. The Balaban J connectivity index is 1.64. The summed E-state index contributed by atoms with van der Waals surface area (Å²) in [5.74, 6) is 0.423. The zero-order chi connectivity index (χ0) is 19.4. The molecule has 27 heavy (non-hydrogen) atoms. The Labute approximate surface area is 163 Å². The number of hydrogen-bond donors (Lipinski definition) is 1. The third-order valence-corrected chi connectivity index (χ3v) is 7.64. The van der Waals surface area contributed by atoms with Crippen molar-refractivity contribution in [2.24, 2.45) is 0 Å². The molecule has 1 amide bonds. The molecule has 0 aromatic heterocycles. The van der Waals surface area contributed by atoms with Gasteiger partial charge in [-0.05, 0) is 37.0 Å². The van der Waals surface area contributed by atoms with E-state index in [1.54, 1.807) is 0 Å². The normalized spacial score (nSPS) is 25.6. The number of carbonyl (C=O) groups is 1. The molecule has 5 nitrogen and oxygen atoms in total. The lowest BCUT2D eigenvalue weighted by molar-refractivity contribution is -0.887. The smallest absolute Gasteiger partial charge is 0.278 e. The van der Waals surface area contributed by atoms with Crippen LogP contribution in [0.4, 0.5) is 0 Å². The van der Waals surface area contributed by atoms with Gasteiger partial charge in [0.15, 0.2) is 16.4 Å². The first-order valence-electron chi connectivity index (χ1n) is 9.99. The molecule has 3 atom stereocenters. The minimum absolute atomic E-state index is 0.0791. The van der Waals surface area contributed by atoms with Crippen molar-refractivity contribution < 1.29 is 18.1 Å². The summed E-state index contributed by atoms with van der Waals surface area (Å²) in [7, 11) is -3.00. The summed E-state index contributed by atoms with van der Waals surface area (Å²) in [6, 6.07) is 10.3. The molecule has 2 aliphatic rings. The first-order chi connectivity index (χ1) is 12.9. The second-order valence-electron chi connectivity index (χ2n) is 7.84.